The first-order valence-electron chi connectivity index (χ1n) is 5.17. The summed E-state index contributed by atoms with van der Waals surface area (Å²) in [6, 6.07) is 1.54. The zero-order valence-electron chi connectivity index (χ0n) is 10.1. The molecule has 8 heteroatoms. The van der Waals surface area contributed by atoms with E-state index in [-0.39, 0.29) is 0 Å². The van der Waals surface area contributed by atoms with Crippen molar-refractivity contribution >= 4 is 46.6 Å². The summed E-state index contributed by atoms with van der Waals surface area (Å²) in [5.74, 6) is 6.64. The number of anilines is 2. The smallest absolute Gasteiger partial charge is 0.161 e. The summed E-state index contributed by atoms with van der Waals surface area (Å²) in [6.45, 7) is 2.06. The number of pyridine rings is 1. The highest BCUT2D eigenvalue weighted by molar-refractivity contribution is 7.98. The maximum atomic E-state index is 10.0. The summed E-state index contributed by atoms with van der Waals surface area (Å²) in [5, 5.41) is 13.7. The molecule has 0 aliphatic heterocycles. The fourth-order valence-electron chi connectivity index (χ4n) is 1.33. The van der Waals surface area contributed by atoms with Crippen LogP contribution in [0.4, 0.5) is 11.6 Å². The number of hydrazine groups is 1. The molecule has 102 valence electrons. The Labute approximate surface area is 120 Å². The molecule has 0 aliphatic rings. The lowest BCUT2D eigenvalue weighted by atomic mass is 10.1. The van der Waals surface area contributed by atoms with E-state index in [9.17, 15) is 5.11 Å². The van der Waals surface area contributed by atoms with Crippen LogP contribution in [0.15, 0.2) is 6.07 Å². The van der Waals surface area contributed by atoms with Crippen molar-refractivity contribution in [3.8, 4) is 0 Å². The second-order valence-corrected chi connectivity index (χ2v) is 5.76. The number of nitrogens with two attached hydrogens (primary N) is 1. The van der Waals surface area contributed by atoms with Gasteiger partial charge >= 0.3 is 0 Å². The van der Waals surface area contributed by atoms with Gasteiger partial charge in [0.1, 0.15) is 5.82 Å². The molecule has 5 nitrogen and oxygen atoms in total. The Balaban J connectivity index is 2.79. The van der Waals surface area contributed by atoms with Gasteiger partial charge < -0.3 is 15.8 Å². The van der Waals surface area contributed by atoms with Gasteiger partial charge in [-0.05, 0) is 19.2 Å². The van der Waals surface area contributed by atoms with Crippen molar-refractivity contribution in [2.24, 2.45) is 5.84 Å². The van der Waals surface area contributed by atoms with Gasteiger partial charge in [0.2, 0.25) is 0 Å². The Morgan fingerprint density at radius 3 is 2.61 bits per heavy atom. The standard InChI is InChI=1S/C10H16Cl2N4OS/c1-10(17,5-18-2)4-14-8-6(11)3-7(12)9(15-8)16-13/h3,17H,4-5,13H2,1-2H3,(H2,14,15,16). The molecule has 0 saturated heterocycles. The Hall–Kier alpha value is -0.400. The molecule has 0 radical (unpaired) electrons. The zero-order valence-corrected chi connectivity index (χ0v) is 12.5. The predicted octanol–water partition coefficient (Wildman–Crippen LogP) is 2.20. The van der Waals surface area contributed by atoms with Crippen molar-refractivity contribution in [1.29, 1.82) is 0 Å². The fourth-order valence-corrected chi connectivity index (χ4v) is 2.53. The minimum absolute atomic E-state index is 0.326. The average molecular weight is 311 g/mol. The first-order valence-corrected chi connectivity index (χ1v) is 7.32. The largest absolute Gasteiger partial charge is 0.387 e. The minimum Gasteiger partial charge on any atom is -0.387 e. The second kappa shape index (κ2) is 6.68. The molecule has 0 aromatic carbocycles. The van der Waals surface area contributed by atoms with Crippen LogP contribution in [0.25, 0.3) is 0 Å². The number of nitrogen functional groups attached to an aromatic ring is 1. The highest BCUT2D eigenvalue weighted by Crippen LogP contribution is 2.29. The molecule has 1 aromatic rings. The Bertz CT molecular complexity index is 417. The van der Waals surface area contributed by atoms with Crippen molar-refractivity contribution in [2.45, 2.75) is 12.5 Å². The number of hydrogen-bond acceptors (Lipinski definition) is 6. The van der Waals surface area contributed by atoms with E-state index in [0.29, 0.717) is 34.0 Å². The van der Waals surface area contributed by atoms with Gasteiger partial charge in [-0.1, -0.05) is 23.2 Å². The monoisotopic (exact) mass is 310 g/mol. The molecule has 0 aliphatic carbocycles. The van der Waals surface area contributed by atoms with Crippen LogP contribution in [0.2, 0.25) is 10.0 Å². The highest BCUT2D eigenvalue weighted by atomic mass is 35.5. The Morgan fingerprint density at radius 2 is 2.06 bits per heavy atom. The number of rotatable bonds is 6. The topological polar surface area (TPSA) is 83.2 Å². The maximum absolute atomic E-state index is 10.0. The van der Waals surface area contributed by atoms with Crippen LogP contribution in [0.5, 0.6) is 0 Å². The van der Waals surface area contributed by atoms with Crippen molar-refractivity contribution < 1.29 is 5.11 Å². The molecule has 0 amide bonds. The van der Waals surface area contributed by atoms with E-state index in [1.807, 2.05) is 6.26 Å². The molecule has 0 bridgehead atoms. The van der Waals surface area contributed by atoms with Gasteiger partial charge in [0.25, 0.3) is 0 Å². The first-order chi connectivity index (χ1) is 8.39. The molecule has 1 aromatic heterocycles. The normalized spacial score (nSPS) is 14.1. The summed E-state index contributed by atoms with van der Waals surface area (Å²) >= 11 is 13.4. The Kier molecular flexibility index (Phi) is 5.81. The fraction of sp³-hybridized carbons (Fsp3) is 0.500. The van der Waals surface area contributed by atoms with E-state index in [1.54, 1.807) is 18.7 Å². The third-order valence-corrected chi connectivity index (χ3v) is 3.64. The van der Waals surface area contributed by atoms with E-state index in [4.69, 9.17) is 29.0 Å². The third-order valence-electron chi connectivity index (χ3n) is 2.16. The number of aromatic nitrogens is 1. The number of nitrogens with zero attached hydrogens (tertiary/aromatic N) is 1. The third kappa shape index (κ3) is 4.37. The number of halogens is 2. The van der Waals surface area contributed by atoms with Crippen LogP contribution in [0.1, 0.15) is 6.92 Å². The van der Waals surface area contributed by atoms with Crippen molar-refractivity contribution in [3.05, 3.63) is 16.1 Å². The number of thioether (sulfide) groups is 1. The van der Waals surface area contributed by atoms with Crippen molar-refractivity contribution in [1.82, 2.24) is 4.98 Å². The van der Waals surface area contributed by atoms with Crippen LogP contribution < -0.4 is 16.6 Å². The zero-order chi connectivity index (χ0) is 13.8. The van der Waals surface area contributed by atoms with Gasteiger partial charge in [-0.3, -0.25) is 0 Å². The average Bonchev–Trinajstić information content (AvgIpc) is 2.28. The lowest BCUT2D eigenvalue weighted by molar-refractivity contribution is 0.0996. The number of hydrogen-bond donors (Lipinski definition) is 4. The maximum Gasteiger partial charge on any atom is 0.161 e. The van der Waals surface area contributed by atoms with Gasteiger partial charge in [0.05, 0.1) is 15.6 Å². The molecule has 0 saturated carbocycles. The quantitative estimate of drug-likeness (QED) is 0.476. The van der Waals surface area contributed by atoms with E-state index < -0.39 is 5.60 Å². The van der Waals surface area contributed by atoms with Gasteiger partial charge in [0, 0.05) is 12.3 Å². The molecule has 0 spiro atoms. The lowest BCUT2D eigenvalue weighted by Crippen LogP contribution is -2.36. The molecule has 1 atom stereocenters. The van der Waals surface area contributed by atoms with E-state index >= 15 is 0 Å². The Morgan fingerprint density at radius 1 is 1.44 bits per heavy atom. The molecule has 18 heavy (non-hydrogen) atoms. The van der Waals surface area contributed by atoms with Crippen LogP contribution in [-0.4, -0.2) is 34.2 Å². The van der Waals surface area contributed by atoms with E-state index in [0.717, 1.165) is 0 Å². The number of aliphatic hydroxyl groups is 1. The van der Waals surface area contributed by atoms with Gasteiger partial charge in [-0.15, -0.1) is 0 Å². The van der Waals surface area contributed by atoms with Gasteiger partial charge in [0.15, 0.2) is 5.82 Å². The molecular weight excluding hydrogens is 295 g/mol. The van der Waals surface area contributed by atoms with Crippen molar-refractivity contribution in [2.75, 3.05) is 29.3 Å². The summed E-state index contributed by atoms with van der Waals surface area (Å²) in [5.41, 5.74) is 1.53. The highest BCUT2D eigenvalue weighted by Gasteiger charge is 2.20. The molecule has 5 N–H and O–H groups in total. The van der Waals surface area contributed by atoms with Crippen molar-refractivity contribution in [3.63, 3.8) is 0 Å². The van der Waals surface area contributed by atoms with Gasteiger partial charge in [-0.2, -0.15) is 11.8 Å². The summed E-state index contributed by atoms with van der Waals surface area (Å²) in [7, 11) is 0. The summed E-state index contributed by atoms with van der Waals surface area (Å²) < 4.78 is 0. The van der Waals surface area contributed by atoms with Crippen LogP contribution in [-0.2, 0) is 0 Å². The van der Waals surface area contributed by atoms with E-state index in [1.165, 1.54) is 6.07 Å². The molecular formula is C10H16Cl2N4OS. The second-order valence-electron chi connectivity index (χ2n) is 4.08. The SMILES string of the molecule is CSCC(C)(O)CNc1nc(NN)c(Cl)cc1Cl. The molecule has 1 heterocycles. The predicted molar refractivity (Wildman–Crippen MR) is 79.6 cm³/mol. The van der Waals surface area contributed by atoms with E-state index in [2.05, 4.69) is 15.7 Å². The molecule has 1 unspecified atom stereocenters. The minimum atomic E-state index is -0.847. The van der Waals surface area contributed by atoms with Gasteiger partial charge in [-0.25, -0.2) is 10.8 Å². The lowest BCUT2D eigenvalue weighted by Gasteiger charge is -2.23. The van der Waals surface area contributed by atoms with Crippen LogP contribution in [0.3, 0.4) is 0 Å². The summed E-state index contributed by atoms with van der Waals surface area (Å²) in [4.78, 5) is 4.12. The summed E-state index contributed by atoms with van der Waals surface area (Å²) in [6.07, 6.45) is 1.93. The van der Waals surface area contributed by atoms with Crippen LogP contribution in [0, 0.1) is 0 Å². The van der Waals surface area contributed by atoms with Crippen LogP contribution >= 0.6 is 35.0 Å². The molecule has 0 fully saturated rings. The first kappa shape index (κ1) is 15.7. The number of nitrogens with one attached hydrogen (secondary N) is 2. The molecule has 1 rings (SSSR count).